The van der Waals surface area contributed by atoms with Crippen LogP contribution in [0.3, 0.4) is 0 Å². The second-order valence-corrected chi connectivity index (χ2v) is 11.1. The van der Waals surface area contributed by atoms with E-state index in [0.717, 1.165) is 48.8 Å². The van der Waals surface area contributed by atoms with Gasteiger partial charge in [0.1, 0.15) is 6.61 Å². The van der Waals surface area contributed by atoms with Crippen LogP contribution in [0.25, 0.3) is 11.1 Å². The van der Waals surface area contributed by atoms with Crippen molar-refractivity contribution in [1.29, 1.82) is 0 Å². The van der Waals surface area contributed by atoms with Crippen molar-refractivity contribution < 1.29 is 24.2 Å². The van der Waals surface area contributed by atoms with E-state index in [2.05, 4.69) is 29.6 Å². The van der Waals surface area contributed by atoms with Crippen LogP contribution in [0.1, 0.15) is 67.6 Å². The first-order chi connectivity index (χ1) is 20.0. The van der Waals surface area contributed by atoms with Crippen molar-refractivity contribution in [3.63, 3.8) is 0 Å². The van der Waals surface area contributed by atoms with E-state index in [1.54, 1.807) is 4.90 Å². The van der Waals surface area contributed by atoms with E-state index < -0.39 is 12.1 Å². The molecule has 0 aliphatic heterocycles. The monoisotopic (exact) mass is 554 g/mol. The fourth-order valence-corrected chi connectivity index (χ4v) is 6.31. The Morgan fingerprint density at radius 2 is 1.46 bits per heavy atom. The summed E-state index contributed by atoms with van der Waals surface area (Å²) in [4.78, 5) is 39.7. The first-order valence-electron chi connectivity index (χ1n) is 14.6. The first kappa shape index (κ1) is 28.4. The molecule has 2 amide bonds. The summed E-state index contributed by atoms with van der Waals surface area (Å²) in [7, 11) is 0. The van der Waals surface area contributed by atoms with Gasteiger partial charge in [0, 0.05) is 31.5 Å². The van der Waals surface area contributed by atoms with Gasteiger partial charge in [0.15, 0.2) is 0 Å². The molecular formula is C34H38N2O5. The molecule has 1 unspecified atom stereocenters. The van der Waals surface area contributed by atoms with Gasteiger partial charge >= 0.3 is 12.1 Å². The van der Waals surface area contributed by atoms with Gasteiger partial charge in [-0.25, -0.2) is 4.79 Å². The van der Waals surface area contributed by atoms with Gasteiger partial charge in [-0.1, -0.05) is 98.1 Å². The zero-order valence-electron chi connectivity index (χ0n) is 23.3. The molecular weight excluding hydrogens is 516 g/mol. The van der Waals surface area contributed by atoms with Crippen molar-refractivity contribution in [2.75, 3.05) is 13.2 Å². The zero-order chi connectivity index (χ0) is 28.6. The molecule has 0 spiro atoms. The summed E-state index contributed by atoms with van der Waals surface area (Å²) in [6.45, 7) is 0.657. The van der Waals surface area contributed by atoms with Crippen LogP contribution in [0.2, 0.25) is 0 Å². The molecule has 41 heavy (non-hydrogen) atoms. The molecule has 2 aliphatic rings. The molecule has 0 heterocycles. The fourth-order valence-electron chi connectivity index (χ4n) is 6.31. The lowest BCUT2D eigenvalue weighted by atomic mass is 9.82. The third-order valence-electron chi connectivity index (χ3n) is 8.42. The molecule has 2 aliphatic carbocycles. The molecule has 7 heteroatoms. The number of nitrogens with one attached hydrogen (secondary N) is 1. The average molecular weight is 555 g/mol. The van der Waals surface area contributed by atoms with Gasteiger partial charge in [-0.2, -0.15) is 0 Å². The molecule has 2 N–H and O–H groups in total. The van der Waals surface area contributed by atoms with Crippen LogP contribution in [0, 0.1) is 5.92 Å². The maximum absolute atomic E-state index is 13.6. The predicted molar refractivity (Wildman–Crippen MR) is 157 cm³/mol. The Morgan fingerprint density at radius 3 is 2.10 bits per heavy atom. The summed E-state index contributed by atoms with van der Waals surface area (Å²) < 4.78 is 5.82. The molecule has 5 rings (SSSR count). The van der Waals surface area contributed by atoms with Crippen LogP contribution in [-0.4, -0.2) is 47.2 Å². The number of benzene rings is 3. The molecule has 0 saturated heterocycles. The van der Waals surface area contributed by atoms with E-state index in [9.17, 15) is 19.5 Å². The second-order valence-electron chi connectivity index (χ2n) is 11.1. The van der Waals surface area contributed by atoms with Crippen molar-refractivity contribution in [2.45, 2.75) is 63.5 Å². The third-order valence-corrected chi connectivity index (χ3v) is 8.42. The number of alkyl carbamates (subject to hydrolysis) is 1. The minimum Gasteiger partial charge on any atom is -0.481 e. The van der Waals surface area contributed by atoms with Crippen molar-refractivity contribution in [2.24, 2.45) is 5.92 Å². The van der Waals surface area contributed by atoms with Crippen molar-refractivity contribution >= 4 is 18.0 Å². The van der Waals surface area contributed by atoms with E-state index >= 15 is 0 Å². The van der Waals surface area contributed by atoms with Crippen molar-refractivity contribution in [1.82, 2.24) is 10.2 Å². The summed E-state index contributed by atoms with van der Waals surface area (Å²) in [6, 6.07) is 25.6. The average Bonchev–Trinajstić information content (AvgIpc) is 3.32. The third kappa shape index (κ3) is 7.15. The van der Waals surface area contributed by atoms with Crippen LogP contribution in [-0.2, 0) is 20.9 Å². The quantitative estimate of drug-likeness (QED) is 0.287. The minimum absolute atomic E-state index is 0.0414. The van der Waals surface area contributed by atoms with E-state index in [1.807, 2.05) is 54.6 Å². The number of carbonyl (C=O) groups is 3. The Labute approximate surface area is 241 Å². The molecule has 3 aromatic carbocycles. The van der Waals surface area contributed by atoms with Gasteiger partial charge in [0.05, 0.1) is 6.42 Å². The van der Waals surface area contributed by atoms with Gasteiger partial charge in [0.2, 0.25) is 5.91 Å². The fraction of sp³-hybridized carbons (Fsp3) is 0.382. The van der Waals surface area contributed by atoms with Gasteiger partial charge < -0.3 is 20.1 Å². The number of amides is 2. The number of nitrogens with zero attached hydrogens (tertiary/aromatic N) is 1. The topological polar surface area (TPSA) is 95.9 Å². The maximum Gasteiger partial charge on any atom is 0.407 e. The first-order valence-corrected chi connectivity index (χ1v) is 14.6. The number of fused-ring (bicyclic) bond motifs is 3. The molecule has 0 bridgehead atoms. The highest BCUT2D eigenvalue weighted by atomic mass is 16.5. The molecule has 1 atom stereocenters. The summed E-state index contributed by atoms with van der Waals surface area (Å²) in [5.74, 6) is -0.979. The highest BCUT2D eigenvalue weighted by Gasteiger charge is 2.32. The lowest BCUT2D eigenvalue weighted by Crippen LogP contribution is -2.45. The van der Waals surface area contributed by atoms with Crippen molar-refractivity contribution in [3.8, 4) is 11.1 Å². The van der Waals surface area contributed by atoms with Crippen LogP contribution >= 0.6 is 0 Å². The van der Waals surface area contributed by atoms with Gasteiger partial charge in [-0.3, -0.25) is 9.59 Å². The molecule has 1 fully saturated rings. The molecule has 0 radical (unpaired) electrons. The largest absolute Gasteiger partial charge is 0.481 e. The number of aliphatic carboxylic acids is 1. The van der Waals surface area contributed by atoms with Crippen molar-refractivity contribution in [3.05, 3.63) is 95.6 Å². The van der Waals surface area contributed by atoms with Gasteiger partial charge in [-0.05, 0) is 46.6 Å². The Balaban J connectivity index is 1.26. The molecule has 7 nitrogen and oxygen atoms in total. The number of rotatable bonds is 11. The molecule has 0 aromatic heterocycles. The predicted octanol–water partition coefficient (Wildman–Crippen LogP) is 6.37. The Morgan fingerprint density at radius 1 is 0.854 bits per heavy atom. The van der Waals surface area contributed by atoms with Crippen LogP contribution < -0.4 is 5.32 Å². The number of hydrogen-bond acceptors (Lipinski definition) is 4. The Kier molecular flexibility index (Phi) is 9.34. The summed E-state index contributed by atoms with van der Waals surface area (Å²) in [5.41, 5.74) is 5.57. The maximum atomic E-state index is 13.6. The van der Waals surface area contributed by atoms with Gasteiger partial charge in [-0.15, -0.1) is 0 Å². The normalized spacial score (nSPS) is 15.4. The number of carboxylic acids is 1. The van der Waals surface area contributed by atoms with E-state index in [-0.39, 0.29) is 49.8 Å². The smallest absolute Gasteiger partial charge is 0.407 e. The van der Waals surface area contributed by atoms with E-state index in [4.69, 9.17) is 4.74 Å². The van der Waals surface area contributed by atoms with Crippen LogP contribution in [0.4, 0.5) is 4.79 Å². The summed E-state index contributed by atoms with van der Waals surface area (Å²) in [6.07, 6.45) is 4.62. The second kappa shape index (κ2) is 13.5. The molecule has 1 saturated carbocycles. The highest BCUT2D eigenvalue weighted by molar-refractivity contribution is 5.80. The summed E-state index contributed by atoms with van der Waals surface area (Å²) >= 11 is 0. The highest BCUT2D eigenvalue weighted by Crippen LogP contribution is 2.44. The van der Waals surface area contributed by atoms with E-state index in [1.165, 1.54) is 11.1 Å². The lowest BCUT2D eigenvalue weighted by molar-refractivity contribution is -0.139. The summed E-state index contributed by atoms with van der Waals surface area (Å²) in [5, 5.41) is 12.3. The standard InChI is InChI=1S/C34H38N2O5/c37-32(36(20-19-33(38)39)22-24-11-3-1-4-12-24)21-31(25-13-5-2-6-14-25)35-34(40)41-23-30-28-17-9-7-15-26(28)27-16-8-10-18-29(27)30/h1,3-4,7-12,15-18,25,30-31H,2,5-6,13-14,19-23H2,(H,35,40)(H,38,39). The molecule has 214 valence electrons. The lowest BCUT2D eigenvalue weighted by Gasteiger charge is -2.32. The van der Waals surface area contributed by atoms with Gasteiger partial charge in [0.25, 0.3) is 0 Å². The SMILES string of the molecule is O=C(O)CCN(Cc1ccccc1)C(=O)CC(NC(=O)OCC1c2ccccc2-c2ccccc21)C1CCCCC1. The number of hydrogen-bond donors (Lipinski definition) is 2. The van der Waals surface area contributed by atoms with E-state index in [0.29, 0.717) is 6.54 Å². The van der Waals surface area contributed by atoms with Crippen LogP contribution in [0.15, 0.2) is 78.9 Å². The Bertz CT molecular complexity index is 1310. The number of carboxylic acid groups (broad SMARTS) is 1. The minimum atomic E-state index is -0.948. The number of carbonyl (C=O) groups excluding carboxylic acids is 2. The van der Waals surface area contributed by atoms with Crippen LogP contribution in [0.5, 0.6) is 0 Å². The zero-order valence-corrected chi connectivity index (χ0v) is 23.3. The molecule has 3 aromatic rings. The Hall–Kier alpha value is -4.13. The number of ether oxygens (including phenoxy) is 1.